The van der Waals surface area contributed by atoms with Crippen LogP contribution < -0.4 is 19.7 Å². The van der Waals surface area contributed by atoms with Crippen LogP contribution in [0.25, 0.3) is 0 Å². The Labute approximate surface area is 167 Å². The normalized spacial score (nSPS) is 14.6. The molecule has 1 aliphatic heterocycles. The van der Waals surface area contributed by atoms with E-state index in [-0.39, 0.29) is 5.91 Å². The van der Waals surface area contributed by atoms with Crippen molar-refractivity contribution in [2.45, 2.75) is 13.3 Å². The monoisotopic (exact) mass is 383 g/mol. The maximum atomic E-state index is 12.2. The molecular formula is C22H29N3O3. The topological polar surface area (TPSA) is 54.0 Å². The first-order chi connectivity index (χ1) is 13.7. The molecule has 0 spiro atoms. The van der Waals surface area contributed by atoms with Crippen LogP contribution in [0.5, 0.6) is 11.5 Å². The van der Waals surface area contributed by atoms with Crippen LogP contribution in [0.1, 0.15) is 13.3 Å². The van der Waals surface area contributed by atoms with Crippen molar-refractivity contribution >= 4 is 17.3 Å². The number of hydrogen-bond donors (Lipinski definition) is 1. The van der Waals surface area contributed by atoms with E-state index in [2.05, 4.69) is 27.2 Å². The Morgan fingerprint density at radius 2 is 1.61 bits per heavy atom. The first-order valence-electron chi connectivity index (χ1n) is 9.82. The molecule has 0 aliphatic carbocycles. The Bertz CT molecular complexity index is 739. The number of hydrogen-bond acceptors (Lipinski definition) is 5. The fraction of sp³-hybridized carbons (Fsp3) is 0.409. The van der Waals surface area contributed by atoms with Gasteiger partial charge in [-0.2, -0.15) is 0 Å². The zero-order valence-electron chi connectivity index (χ0n) is 16.7. The minimum absolute atomic E-state index is 0.0433. The van der Waals surface area contributed by atoms with Gasteiger partial charge in [-0.1, -0.05) is 0 Å². The Balaban J connectivity index is 1.39. The second-order valence-electron chi connectivity index (χ2n) is 6.78. The van der Waals surface area contributed by atoms with Gasteiger partial charge in [0.15, 0.2) is 0 Å². The van der Waals surface area contributed by atoms with Gasteiger partial charge in [0.05, 0.1) is 13.7 Å². The van der Waals surface area contributed by atoms with E-state index in [1.54, 1.807) is 7.11 Å². The third-order valence-electron chi connectivity index (χ3n) is 4.91. The second-order valence-corrected chi connectivity index (χ2v) is 6.78. The summed E-state index contributed by atoms with van der Waals surface area (Å²) in [5.74, 6) is 1.73. The van der Waals surface area contributed by atoms with Gasteiger partial charge in [-0.05, 0) is 55.5 Å². The van der Waals surface area contributed by atoms with Crippen LogP contribution in [-0.2, 0) is 4.79 Å². The summed E-state index contributed by atoms with van der Waals surface area (Å²) in [6.07, 6.45) is 0.496. The molecule has 150 valence electrons. The lowest BCUT2D eigenvalue weighted by Gasteiger charge is -2.36. The number of carbonyl (C=O) groups excluding carboxylic acids is 1. The Hall–Kier alpha value is -2.73. The molecule has 1 amide bonds. The highest BCUT2D eigenvalue weighted by molar-refractivity contribution is 5.90. The van der Waals surface area contributed by atoms with Gasteiger partial charge in [0.25, 0.3) is 0 Å². The second kappa shape index (κ2) is 9.99. The first kappa shape index (κ1) is 20.0. The summed E-state index contributed by atoms with van der Waals surface area (Å²) in [5.41, 5.74) is 2.02. The Kier molecular flexibility index (Phi) is 7.14. The SMILES string of the molecule is CCOc1ccc(NC(=O)CCN2CCN(c3ccc(OC)cc3)CC2)cc1. The van der Waals surface area contributed by atoms with Gasteiger partial charge in [-0.25, -0.2) is 0 Å². The number of methoxy groups -OCH3 is 1. The summed E-state index contributed by atoms with van der Waals surface area (Å²) >= 11 is 0. The number of anilines is 2. The van der Waals surface area contributed by atoms with Crippen molar-refractivity contribution in [2.75, 3.05) is 56.7 Å². The molecule has 3 rings (SSSR count). The van der Waals surface area contributed by atoms with Crippen molar-refractivity contribution in [1.82, 2.24) is 4.90 Å². The van der Waals surface area contributed by atoms with Gasteiger partial charge >= 0.3 is 0 Å². The fourth-order valence-corrected chi connectivity index (χ4v) is 3.31. The van der Waals surface area contributed by atoms with E-state index in [0.29, 0.717) is 13.0 Å². The van der Waals surface area contributed by atoms with Gasteiger partial charge in [0, 0.05) is 50.5 Å². The highest BCUT2D eigenvalue weighted by Gasteiger charge is 2.18. The number of piperazine rings is 1. The molecule has 6 heteroatoms. The number of carbonyl (C=O) groups is 1. The summed E-state index contributed by atoms with van der Waals surface area (Å²) in [5, 5.41) is 2.95. The quantitative estimate of drug-likeness (QED) is 0.758. The van der Waals surface area contributed by atoms with Crippen molar-refractivity contribution in [2.24, 2.45) is 0 Å². The molecule has 0 radical (unpaired) electrons. The number of benzene rings is 2. The van der Waals surface area contributed by atoms with E-state index < -0.39 is 0 Å². The molecule has 1 heterocycles. The molecule has 0 aromatic heterocycles. The third-order valence-corrected chi connectivity index (χ3v) is 4.91. The lowest BCUT2D eigenvalue weighted by Crippen LogP contribution is -2.47. The van der Waals surface area contributed by atoms with E-state index in [1.807, 2.05) is 43.3 Å². The lowest BCUT2D eigenvalue weighted by molar-refractivity contribution is -0.116. The summed E-state index contributed by atoms with van der Waals surface area (Å²) in [6.45, 7) is 7.22. The van der Waals surface area contributed by atoms with Crippen molar-refractivity contribution in [3.05, 3.63) is 48.5 Å². The molecule has 0 bridgehead atoms. The van der Waals surface area contributed by atoms with Crippen LogP contribution in [0.3, 0.4) is 0 Å². The largest absolute Gasteiger partial charge is 0.497 e. The van der Waals surface area contributed by atoms with Crippen LogP contribution in [0.2, 0.25) is 0 Å². The standard InChI is InChI=1S/C22H29N3O3/c1-3-28-21-8-4-18(5-9-21)23-22(26)12-13-24-14-16-25(17-15-24)19-6-10-20(27-2)11-7-19/h4-11H,3,12-17H2,1-2H3,(H,23,26). The van der Waals surface area contributed by atoms with Crippen LogP contribution in [0.15, 0.2) is 48.5 Å². The molecule has 28 heavy (non-hydrogen) atoms. The number of rotatable bonds is 8. The maximum Gasteiger partial charge on any atom is 0.225 e. The molecule has 1 saturated heterocycles. The van der Waals surface area contributed by atoms with Gasteiger partial charge in [-0.3, -0.25) is 9.69 Å². The van der Waals surface area contributed by atoms with Crippen molar-refractivity contribution < 1.29 is 14.3 Å². The van der Waals surface area contributed by atoms with Crippen molar-refractivity contribution in [1.29, 1.82) is 0 Å². The Morgan fingerprint density at radius 3 is 2.21 bits per heavy atom. The molecule has 1 aliphatic rings. The van der Waals surface area contributed by atoms with E-state index >= 15 is 0 Å². The average Bonchev–Trinajstić information content (AvgIpc) is 2.74. The molecular weight excluding hydrogens is 354 g/mol. The smallest absolute Gasteiger partial charge is 0.225 e. The average molecular weight is 383 g/mol. The molecule has 0 atom stereocenters. The summed E-state index contributed by atoms with van der Waals surface area (Å²) in [4.78, 5) is 16.9. The van der Waals surface area contributed by atoms with Crippen LogP contribution >= 0.6 is 0 Å². The molecule has 1 N–H and O–H groups in total. The first-order valence-corrected chi connectivity index (χ1v) is 9.82. The number of nitrogens with one attached hydrogen (secondary N) is 1. The van der Waals surface area contributed by atoms with Gasteiger partial charge in [-0.15, -0.1) is 0 Å². The van der Waals surface area contributed by atoms with E-state index in [0.717, 1.165) is 49.9 Å². The minimum atomic E-state index is 0.0433. The van der Waals surface area contributed by atoms with Crippen molar-refractivity contribution in [3.8, 4) is 11.5 Å². The molecule has 2 aromatic carbocycles. The van der Waals surface area contributed by atoms with Gasteiger partial charge < -0.3 is 19.7 Å². The predicted molar refractivity (Wildman–Crippen MR) is 113 cm³/mol. The van der Waals surface area contributed by atoms with Crippen LogP contribution in [0.4, 0.5) is 11.4 Å². The van der Waals surface area contributed by atoms with Gasteiger partial charge in [0.2, 0.25) is 5.91 Å². The van der Waals surface area contributed by atoms with Crippen molar-refractivity contribution in [3.63, 3.8) is 0 Å². The zero-order chi connectivity index (χ0) is 19.8. The number of amides is 1. The third kappa shape index (κ3) is 5.63. The summed E-state index contributed by atoms with van der Waals surface area (Å²) in [7, 11) is 1.68. The molecule has 6 nitrogen and oxygen atoms in total. The Morgan fingerprint density at radius 1 is 0.964 bits per heavy atom. The van der Waals surface area contributed by atoms with Gasteiger partial charge in [0.1, 0.15) is 11.5 Å². The number of nitrogens with zero attached hydrogens (tertiary/aromatic N) is 2. The molecule has 1 fully saturated rings. The van der Waals surface area contributed by atoms with E-state index in [1.165, 1.54) is 5.69 Å². The lowest BCUT2D eigenvalue weighted by atomic mass is 10.2. The zero-order valence-corrected chi connectivity index (χ0v) is 16.7. The minimum Gasteiger partial charge on any atom is -0.497 e. The highest BCUT2D eigenvalue weighted by Crippen LogP contribution is 2.20. The summed E-state index contributed by atoms with van der Waals surface area (Å²) in [6, 6.07) is 15.7. The summed E-state index contributed by atoms with van der Waals surface area (Å²) < 4.78 is 10.6. The van der Waals surface area contributed by atoms with Crippen LogP contribution in [0, 0.1) is 0 Å². The predicted octanol–water partition coefficient (Wildman–Crippen LogP) is 3.24. The maximum absolute atomic E-state index is 12.2. The molecule has 0 saturated carbocycles. The molecule has 2 aromatic rings. The van der Waals surface area contributed by atoms with E-state index in [9.17, 15) is 4.79 Å². The molecule has 0 unspecified atom stereocenters. The fourth-order valence-electron chi connectivity index (χ4n) is 3.31. The van der Waals surface area contributed by atoms with E-state index in [4.69, 9.17) is 9.47 Å². The number of ether oxygens (including phenoxy) is 2. The highest BCUT2D eigenvalue weighted by atomic mass is 16.5. The van der Waals surface area contributed by atoms with Crippen LogP contribution in [-0.4, -0.2) is 57.2 Å².